The standard InChI is InChI=1S/C12H17N5O2/c18-10-2-6-16(7-4-13-10)11(19)9-8-17-5-1-3-14-12(17)15-9/h8H,1-7H2,(H,13,18)(H,14,15). The van der Waals surface area contributed by atoms with Gasteiger partial charge >= 0.3 is 0 Å². The Kier molecular flexibility index (Phi) is 3.10. The molecule has 1 fully saturated rings. The van der Waals surface area contributed by atoms with Gasteiger partial charge in [0.15, 0.2) is 0 Å². The highest BCUT2D eigenvalue weighted by Crippen LogP contribution is 2.15. The summed E-state index contributed by atoms with van der Waals surface area (Å²) in [6.07, 6.45) is 3.20. The third-order valence-corrected chi connectivity index (χ3v) is 3.45. The number of rotatable bonds is 1. The minimum absolute atomic E-state index is 0.00102. The molecule has 3 heterocycles. The van der Waals surface area contributed by atoms with E-state index in [1.165, 1.54) is 0 Å². The van der Waals surface area contributed by atoms with Crippen molar-refractivity contribution in [1.82, 2.24) is 19.8 Å². The number of aryl methyl sites for hydroxylation is 1. The smallest absolute Gasteiger partial charge is 0.274 e. The SMILES string of the molecule is O=C1CCN(C(=O)c2cn3c(n2)NCCC3)CCN1. The fraction of sp³-hybridized carbons (Fsp3) is 0.583. The van der Waals surface area contributed by atoms with Gasteiger partial charge in [-0.25, -0.2) is 4.98 Å². The number of nitrogens with zero attached hydrogens (tertiary/aromatic N) is 3. The lowest BCUT2D eigenvalue weighted by molar-refractivity contribution is -0.120. The van der Waals surface area contributed by atoms with Crippen LogP contribution in [0.4, 0.5) is 5.95 Å². The monoisotopic (exact) mass is 263 g/mol. The molecular weight excluding hydrogens is 246 g/mol. The van der Waals surface area contributed by atoms with Gasteiger partial charge in [-0.15, -0.1) is 0 Å². The number of hydrogen-bond acceptors (Lipinski definition) is 4. The lowest BCUT2D eigenvalue weighted by Gasteiger charge is -2.17. The predicted octanol–water partition coefficient (Wildman–Crippen LogP) is -0.339. The largest absolute Gasteiger partial charge is 0.356 e. The quantitative estimate of drug-likeness (QED) is 0.726. The molecule has 0 bridgehead atoms. The maximum atomic E-state index is 12.4. The molecule has 1 saturated heterocycles. The zero-order valence-electron chi connectivity index (χ0n) is 10.7. The summed E-state index contributed by atoms with van der Waals surface area (Å²) in [6, 6.07) is 0. The predicted molar refractivity (Wildman–Crippen MR) is 68.9 cm³/mol. The molecule has 3 rings (SSSR count). The van der Waals surface area contributed by atoms with Crippen LogP contribution in [0.25, 0.3) is 0 Å². The summed E-state index contributed by atoms with van der Waals surface area (Å²) in [7, 11) is 0. The Balaban J connectivity index is 1.75. The zero-order chi connectivity index (χ0) is 13.2. The van der Waals surface area contributed by atoms with Gasteiger partial charge in [0.05, 0.1) is 0 Å². The lowest BCUT2D eigenvalue weighted by atomic mass is 10.3. The van der Waals surface area contributed by atoms with E-state index in [2.05, 4.69) is 15.6 Å². The number of nitrogens with one attached hydrogen (secondary N) is 2. The molecule has 19 heavy (non-hydrogen) atoms. The molecule has 102 valence electrons. The molecule has 0 atom stereocenters. The Hall–Kier alpha value is -2.05. The van der Waals surface area contributed by atoms with Crippen LogP contribution in [0.1, 0.15) is 23.3 Å². The number of aromatic nitrogens is 2. The molecule has 1 aromatic rings. The van der Waals surface area contributed by atoms with Crippen LogP contribution in [-0.2, 0) is 11.3 Å². The zero-order valence-corrected chi connectivity index (χ0v) is 10.7. The molecule has 2 aliphatic heterocycles. The second-order valence-electron chi connectivity index (χ2n) is 4.82. The van der Waals surface area contributed by atoms with Gasteiger partial charge in [-0.2, -0.15) is 0 Å². The Labute approximate surface area is 111 Å². The first kappa shape index (κ1) is 12.0. The number of hydrogen-bond donors (Lipinski definition) is 2. The van der Waals surface area contributed by atoms with Gasteiger partial charge in [-0.3, -0.25) is 9.59 Å². The average molecular weight is 263 g/mol. The van der Waals surface area contributed by atoms with Crippen LogP contribution in [0.15, 0.2) is 6.20 Å². The van der Waals surface area contributed by atoms with Crippen molar-refractivity contribution in [3.8, 4) is 0 Å². The highest BCUT2D eigenvalue weighted by molar-refractivity contribution is 5.93. The van der Waals surface area contributed by atoms with Crippen molar-refractivity contribution in [3.05, 3.63) is 11.9 Å². The van der Waals surface area contributed by atoms with Gasteiger partial charge in [0.2, 0.25) is 11.9 Å². The highest BCUT2D eigenvalue weighted by Gasteiger charge is 2.23. The Bertz CT molecular complexity index is 487. The molecule has 1 aromatic heterocycles. The fourth-order valence-electron chi connectivity index (χ4n) is 2.41. The molecule has 2 N–H and O–H groups in total. The van der Waals surface area contributed by atoms with E-state index in [9.17, 15) is 9.59 Å². The van der Waals surface area contributed by atoms with Gasteiger partial charge in [0.25, 0.3) is 5.91 Å². The molecule has 0 unspecified atom stereocenters. The van der Waals surface area contributed by atoms with Gasteiger partial charge < -0.3 is 20.1 Å². The molecule has 0 aromatic carbocycles. The molecule has 0 radical (unpaired) electrons. The Morgan fingerprint density at radius 3 is 2.95 bits per heavy atom. The average Bonchev–Trinajstić information content (AvgIpc) is 2.74. The van der Waals surface area contributed by atoms with Crippen molar-refractivity contribution >= 4 is 17.8 Å². The van der Waals surface area contributed by atoms with Crippen LogP contribution >= 0.6 is 0 Å². The van der Waals surface area contributed by atoms with Crippen molar-refractivity contribution in [1.29, 1.82) is 0 Å². The van der Waals surface area contributed by atoms with Crippen molar-refractivity contribution in [2.75, 3.05) is 31.5 Å². The lowest BCUT2D eigenvalue weighted by Crippen LogP contribution is -2.34. The first-order valence-electron chi connectivity index (χ1n) is 6.61. The second kappa shape index (κ2) is 4.91. The van der Waals surface area contributed by atoms with Crippen LogP contribution < -0.4 is 10.6 Å². The maximum absolute atomic E-state index is 12.4. The summed E-state index contributed by atoms with van der Waals surface area (Å²) >= 11 is 0. The third-order valence-electron chi connectivity index (χ3n) is 3.45. The van der Waals surface area contributed by atoms with Gasteiger partial charge in [0, 0.05) is 45.3 Å². The molecule has 0 spiro atoms. The van der Waals surface area contributed by atoms with E-state index in [1.54, 1.807) is 11.1 Å². The molecule has 2 amide bonds. The van der Waals surface area contributed by atoms with Gasteiger partial charge in [-0.05, 0) is 6.42 Å². The minimum atomic E-state index is -0.0970. The number of carbonyl (C=O) groups excluding carboxylic acids is 2. The third kappa shape index (κ3) is 2.40. The molecule has 0 aliphatic carbocycles. The summed E-state index contributed by atoms with van der Waals surface area (Å²) in [5.41, 5.74) is 0.457. The highest BCUT2D eigenvalue weighted by atomic mass is 16.2. The van der Waals surface area contributed by atoms with Crippen LogP contribution in [-0.4, -0.2) is 52.4 Å². The Morgan fingerprint density at radius 1 is 1.21 bits per heavy atom. The maximum Gasteiger partial charge on any atom is 0.274 e. The van der Waals surface area contributed by atoms with Crippen LogP contribution in [0.2, 0.25) is 0 Å². The molecule has 0 saturated carbocycles. The molecule has 7 nitrogen and oxygen atoms in total. The van der Waals surface area contributed by atoms with Crippen molar-refractivity contribution < 1.29 is 9.59 Å². The van der Waals surface area contributed by atoms with Gasteiger partial charge in [-0.1, -0.05) is 0 Å². The van der Waals surface area contributed by atoms with E-state index in [4.69, 9.17) is 0 Å². The number of imidazole rings is 1. The summed E-state index contributed by atoms with van der Waals surface area (Å²) in [6.45, 7) is 3.30. The number of amides is 2. The van der Waals surface area contributed by atoms with Crippen molar-refractivity contribution in [2.24, 2.45) is 0 Å². The number of fused-ring (bicyclic) bond motifs is 1. The first-order valence-corrected chi connectivity index (χ1v) is 6.61. The van der Waals surface area contributed by atoms with Crippen molar-refractivity contribution in [2.45, 2.75) is 19.4 Å². The van der Waals surface area contributed by atoms with Gasteiger partial charge in [0.1, 0.15) is 5.69 Å². The fourth-order valence-corrected chi connectivity index (χ4v) is 2.41. The van der Waals surface area contributed by atoms with E-state index in [-0.39, 0.29) is 11.8 Å². The van der Waals surface area contributed by atoms with E-state index >= 15 is 0 Å². The summed E-state index contributed by atoms with van der Waals surface area (Å²) in [5, 5.41) is 5.93. The summed E-state index contributed by atoms with van der Waals surface area (Å²) in [5.74, 6) is 0.667. The van der Waals surface area contributed by atoms with Crippen LogP contribution in [0.3, 0.4) is 0 Å². The molecule has 2 aliphatic rings. The number of anilines is 1. The van der Waals surface area contributed by atoms with Crippen LogP contribution in [0.5, 0.6) is 0 Å². The topological polar surface area (TPSA) is 79.3 Å². The van der Waals surface area contributed by atoms with E-state index in [0.717, 1.165) is 25.5 Å². The molecule has 7 heteroatoms. The number of carbonyl (C=O) groups is 2. The normalized spacial score (nSPS) is 19.2. The van der Waals surface area contributed by atoms with E-state index in [1.807, 2.05) is 4.57 Å². The summed E-state index contributed by atoms with van der Waals surface area (Å²) < 4.78 is 1.97. The van der Waals surface area contributed by atoms with Crippen molar-refractivity contribution in [3.63, 3.8) is 0 Å². The van der Waals surface area contributed by atoms with Crippen LogP contribution in [0, 0.1) is 0 Å². The Morgan fingerprint density at radius 2 is 2.11 bits per heavy atom. The first-order chi connectivity index (χ1) is 9.24. The van der Waals surface area contributed by atoms with E-state index < -0.39 is 0 Å². The minimum Gasteiger partial charge on any atom is -0.356 e. The molecular formula is C12H17N5O2. The summed E-state index contributed by atoms with van der Waals surface area (Å²) in [4.78, 5) is 29.6. The second-order valence-corrected chi connectivity index (χ2v) is 4.82. The van der Waals surface area contributed by atoms with E-state index in [0.29, 0.717) is 31.7 Å².